The summed E-state index contributed by atoms with van der Waals surface area (Å²) in [5.74, 6) is -1.14. The molecule has 1 N–H and O–H groups in total. The Kier molecular flexibility index (Phi) is 12.0. The Morgan fingerprint density at radius 3 is 2.30 bits per heavy atom. The number of methoxy groups -OCH3 is 2. The van der Waals surface area contributed by atoms with Crippen molar-refractivity contribution in [3.05, 3.63) is 95.1 Å². The number of nitrogens with one attached hydrogen (secondary N) is 1. The Labute approximate surface area is 296 Å². The highest BCUT2D eigenvalue weighted by molar-refractivity contribution is 7.92. The molecule has 0 aliphatic heterocycles. The number of pyridine rings is 1. The Bertz CT molecular complexity index is 1930. The van der Waals surface area contributed by atoms with Gasteiger partial charge < -0.3 is 29.3 Å². The van der Waals surface area contributed by atoms with Gasteiger partial charge in [0.05, 0.1) is 49.0 Å². The molecule has 0 atom stereocenters. The average molecular weight is 732 g/mol. The number of ether oxygens (including phenoxy) is 3. The van der Waals surface area contributed by atoms with Crippen LogP contribution >= 0.6 is 11.6 Å². The first-order chi connectivity index (χ1) is 23.5. The number of carbonyl (C=O) groups is 1. The van der Waals surface area contributed by atoms with Gasteiger partial charge in [-0.15, -0.1) is 0 Å². The van der Waals surface area contributed by atoms with E-state index in [0.717, 1.165) is 28.7 Å². The number of likely N-dealkylation sites (N-methyl/N-ethyl adjacent to an activating group) is 2. The van der Waals surface area contributed by atoms with E-state index < -0.39 is 38.2 Å². The summed E-state index contributed by atoms with van der Waals surface area (Å²) < 4.78 is 75.0. The van der Waals surface area contributed by atoms with Crippen LogP contribution in [-0.2, 0) is 21.3 Å². The van der Waals surface area contributed by atoms with Gasteiger partial charge in [0.1, 0.15) is 39.4 Å². The van der Waals surface area contributed by atoms with Crippen molar-refractivity contribution >= 4 is 50.6 Å². The molecule has 0 fully saturated rings. The van der Waals surface area contributed by atoms with Crippen LogP contribution in [0.25, 0.3) is 0 Å². The maximum Gasteiger partial charge on any atom is 0.410 e. The predicted molar refractivity (Wildman–Crippen MR) is 190 cm³/mol. The largest absolute Gasteiger partial charge is 0.497 e. The number of sulfonamides is 1. The van der Waals surface area contributed by atoms with Crippen molar-refractivity contribution in [2.75, 3.05) is 55.9 Å². The van der Waals surface area contributed by atoms with Gasteiger partial charge in [0.2, 0.25) is 0 Å². The predicted octanol–water partition coefficient (Wildman–Crippen LogP) is 7.47. The van der Waals surface area contributed by atoms with Crippen molar-refractivity contribution in [2.45, 2.75) is 37.8 Å². The molecule has 0 unspecified atom stereocenters. The number of nitrogens with zero attached hydrogens (tertiary/aromatic N) is 4. The molecule has 15 heteroatoms. The number of carbonyl (C=O) groups excluding carboxylic acids is 1. The molecule has 4 rings (SSSR count). The summed E-state index contributed by atoms with van der Waals surface area (Å²) in [6.45, 7) is 5.82. The van der Waals surface area contributed by atoms with Crippen LogP contribution in [0.2, 0.25) is 5.02 Å². The zero-order chi connectivity index (χ0) is 36.8. The lowest BCUT2D eigenvalue weighted by Crippen LogP contribution is -2.38. The van der Waals surface area contributed by atoms with Gasteiger partial charge in [-0.3, -0.25) is 0 Å². The van der Waals surface area contributed by atoms with Gasteiger partial charge in [-0.2, -0.15) is 0 Å². The van der Waals surface area contributed by atoms with E-state index in [1.165, 1.54) is 25.2 Å². The molecule has 0 aliphatic carbocycles. The fourth-order valence-corrected chi connectivity index (χ4v) is 6.54. The van der Waals surface area contributed by atoms with E-state index in [1.807, 2.05) is 24.1 Å². The van der Waals surface area contributed by atoms with E-state index in [2.05, 4.69) is 10.3 Å². The molecule has 0 bridgehead atoms. The van der Waals surface area contributed by atoms with Gasteiger partial charge in [-0.25, -0.2) is 31.3 Å². The Morgan fingerprint density at radius 2 is 1.66 bits per heavy atom. The zero-order valence-corrected chi connectivity index (χ0v) is 30.4. The van der Waals surface area contributed by atoms with Crippen molar-refractivity contribution in [1.82, 2.24) is 9.88 Å². The number of anilines is 4. The number of benzene rings is 3. The summed E-state index contributed by atoms with van der Waals surface area (Å²) in [4.78, 5) is 19.0. The van der Waals surface area contributed by atoms with Gasteiger partial charge in [-0.1, -0.05) is 23.7 Å². The standard InChI is InChI=1S/C35H40ClF2N5O6S/c1-35(2,3)49-34(44)42(5)17-16-41(4)30-11-9-8-10-28(30)40-29-20-27(38)32(19-26(29)36)50(45,46)43(33-15-13-24(37)21-39-33)22-23-12-14-25(47-6)18-31(23)48-7/h8-15,18-21,40H,16-17,22H2,1-7H3. The third-order valence-electron chi connectivity index (χ3n) is 7.43. The van der Waals surface area contributed by atoms with E-state index in [9.17, 15) is 17.6 Å². The third-order valence-corrected chi connectivity index (χ3v) is 9.50. The number of halogens is 3. The summed E-state index contributed by atoms with van der Waals surface area (Å²) in [6.07, 6.45) is 0.412. The quantitative estimate of drug-likeness (QED) is 0.150. The van der Waals surface area contributed by atoms with Gasteiger partial charge in [-0.05, 0) is 63.2 Å². The van der Waals surface area contributed by atoms with Crippen molar-refractivity contribution < 1.29 is 36.2 Å². The summed E-state index contributed by atoms with van der Waals surface area (Å²) in [5, 5.41) is 3.02. The van der Waals surface area contributed by atoms with Gasteiger partial charge in [0.15, 0.2) is 0 Å². The van der Waals surface area contributed by atoms with E-state index in [4.69, 9.17) is 25.8 Å². The Morgan fingerprint density at radius 1 is 0.940 bits per heavy atom. The van der Waals surface area contributed by atoms with Crippen LogP contribution in [0.3, 0.4) is 0 Å². The summed E-state index contributed by atoms with van der Waals surface area (Å²) in [6, 6.07) is 16.2. The second kappa shape index (κ2) is 15.8. The Hall–Kier alpha value is -4.82. The highest BCUT2D eigenvalue weighted by Crippen LogP contribution is 2.37. The number of hydrogen-bond acceptors (Lipinski definition) is 9. The van der Waals surface area contributed by atoms with Gasteiger partial charge in [0.25, 0.3) is 10.0 Å². The fourth-order valence-electron chi connectivity index (χ4n) is 4.79. The minimum Gasteiger partial charge on any atom is -0.497 e. The molecule has 268 valence electrons. The number of hydrogen-bond donors (Lipinski definition) is 1. The molecule has 1 aromatic heterocycles. The van der Waals surface area contributed by atoms with Crippen LogP contribution in [-0.4, -0.2) is 71.4 Å². The normalized spacial score (nSPS) is 11.5. The van der Waals surface area contributed by atoms with Crippen molar-refractivity contribution in [3.63, 3.8) is 0 Å². The second-order valence-electron chi connectivity index (χ2n) is 12.3. The van der Waals surface area contributed by atoms with Crippen LogP contribution in [0, 0.1) is 11.6 Å². The molecule has 3 aromatic carbocycles. The van der Waals surface area contributed by atoms with E-state index in [-0.39, 0.29) is 23.1 Å². The topological polar surface area (TPSA) is 114 Å². The molecule has 0 saturated carbocycles. The van der Waals surface area contributed by atoms with Crippen molar-refractivity contribution in [2.24, 2.45) is 0 Å². The molecular formula is C35H40ClF2N5O6S. The van der Waals surface area contributed by atoms with Crippen LogP contribution < -0.4 is 24.0 Å². The van der Waals surface area contributed by atoms with Crippen LogP contribution in [0.4, 0.5) is 36.5 Å². The monoisotopic (exact) mass is 731 g/mol. The number of para-hydroxylation sites is 2. The average Bonchev–Trinajstić information content (AvgIpc) is 3.07. The first-order valence-corrected chi connectivity index (χ1v) is 17.2. The van der Waals surface area contributed by atoms with Gasteiger partial charge in [0, 0.05) is 44.9 Å². The fraction of sp³-hybridized carbons (Fsp3) is 0.314. The first kappa shape index (κ1) is 38.0. The minimum absolute atomic E-state index is 0.0823. The molecule has 0 radical (unpaired) electrons. The lowest BCUT2D eigenvalue weighted by atomic mass is 10.2. The second-order valence-corrected chi connectivity index (χ2v) is 14.5. The summed E-state index contributed by atoms with van der Waals surface area (Å²) in [5.41, 5.74) is 1.15. The van der Waals surface area contributed by atoms with Crippen LogP contribution in [0.1, 0.15) is 26.3 Å². The van der Waals surface area contributed by atoms with Crippen molar-refractivity contribution in [3.8, 4) is 11.5 Å². The minimum atomic E-state index is -4.68. The molecule has 4 aromatic rings. The maximum atomic E-state index is 15.9. The molecule has 0 aliphatic rings. The van der Waals surface area contributed by atoms with E-state index >= 15 is 4.39 Å². The van der Waals surface area contributed by atoms with Crippen LogP contribution in [0.15, 0.2) is 77.8 Å². The smallest absolute Gasteiger partial charge is 0.410 e. The van der Waals surface area contributed by atoms with E-state index in [1.54, 1.807) is 58.2 Å². The first-order valence-electron chi connectivity index (χ1n) is 15.4. The highest BCUT2D eigenvalue weighted by atomic mass is 35.5. The number of rotatable bonds is 13. The van der Waals surface area contributed by atoms with Crippen LogP contribution in [0.5, 0.6) is 11.5 Å². The molecule has 0 saturated heterocycles. The SMILES string of the molecule is COc1ccc(CN(c2ccc(F)cn2)S(=O)(=O)c2cc(Cl)c(Nc3ccccc3N(C)CCN(C)C(=O)OC(C)(C)C)cc2F)c(OC)c1. The molecule has 11 nitrogen and oxygen atoms in total. The molecule has 0 spiro atoms. The highest BCUT2D eigenvalue weighted by Gasteiger charge is 2.31. The van der Waals surface area contributed by atoms with Gasteiger partial charge >= 0.3 is 6.09 Å². The van der Waals surface area contributed by atoms with Crippen molar-refractivity contribution in [1.29, 1.82) is 0 Å². The summed E-state index contributed by atoms with van der Waals surface area (Å²) >= 11 is 6.61. The lowest BCUT2D eigenvalue weighted by Gasteiger charge is -2.28. The third kappa shape index (κ3) is 9.24. The molecular weight excluding hydrogens is 692 g/mol. The Balaban J connectivity index is 1.63. The molecule has 1 heterocycles. The maximum absolute atomic E-state index is 15.9. The zero-order valence-electron chi connectivity index (χ0n) is 28.8. The van der Waals surface area contributed by atoms with E-state index in [0.29, 0.717) is 41.5 Å². The lowest BCUT2D eigenvalue weighted by molar-refractivity contribution is 0.0303. The number of amides is 1. The molecule has 50 heavy (non-hydrogen) atoms. The molecule has 1 amide bonds. The summed E-state index contributed by atoms with van der Waals surface area (Å²) in [7, 11) is 1.68. The number of aromatic nitrogens is 1.